The van der Waals surface area contributed by atoms with Crippen LogP contribution in [0, 0.1) is 23.3 Å². The van der Waals surface area contributed by atoms with Gasteiger partial charge in [0.1, 0.15) is 0 Å². The zero-order valence-electron chi connectivity index (χ0n) is 21.7. The van der Waals surface area contributed by atoms with Crippen LogP contribution < -0.4 is 10.9 Å². The Hall–Kier alpha value is -3.99. The van der Waals surface area contributed by atoms with E-state index in [1.54, 1.807) is 17.9 Å². The van der Waals surface area contributed by atoms with Gasteiger partial charge in [0.15, 0.2) is 23.3 Å². The Labute approximate surface area is 222 Å². The lowest BCUT2D eigenvalue weighted by Gasteiger charge is -2.18. The first-order valence-corrected chi connectivity index (χ1v) is 12.5. The molecule has 2 aromatic carbocycles. The van der Waals surface area contributed by atoms with Crippen molar-refractivity contribution in [1.82, 2.24) is 14.8 Å². The largest absolute Gasteiger partial charge is 0.382 e. The fourth-order valence-electron chi connectivity index (χ4n) is 5.02. The van der Waals surface area contributed by atoms with E-state index in [2.05, 4.69) is 15.3 Å². The first-order valence-electron chi connectivity index (χ1n) is 12.5. The van der Waals surface area contributed by atoms with E-state index in [1.165, 1.54) is 6.20 Å². The summed E-state index contributed by atoms with van der Waals surface area (Å²) in [5.41, 5.74) is 2.92. The summed E-state index contributed by atoms with van der Waals surface area (Å²) in [5.74, 6) is -5.89. The molecule has 0 aliphatic carbocycles. The molecule has 1 amide bonds. The van der Waals surface area contributed by atoms with E-state index in [0.29, 0.717) is 42.2 Å². The van der Waals surface area contributed by atoms with Gasteiger partial charge in [-0.3, -0.25) is 14.6 Å². The molecule has 0 saturated carbocycles. The number of aromatic amines is 1. The van der Waals surface area contributed by atoms with Crippen LogP contribution in [0.15, 0.2) is 40.2 Å². The molecule has 0 bridgehead atoms. The number of nitrogens with zero attached hydrogens (tertiary/aromatic N) is 3. The van der Waals surface area contributed by atoms with Crippen LogP contribution in [0.3, 0.4) is 0 Å². The summed E-state index contributed by atoms with van der Waals surface area (Å²) >= 11 is 0. The maximum atomic E-state index is 14.2. The van der Waals surface area contributed by atoms with Gasteiger partial charge >= 0.3 is 0 Å². The molecule has 0 unspecified atom stereocenters. The van der Waals surface area contributed by atoms with Gasteiger partial charge in [-0.15, -0.1) is 0 Å². The van der Waals surface area contributed by atoms with Crippen LogP contribution in [0.25, 0.3) is 0 Å². The minimum Gasteiger partial charge on any atom is -0.382 e. The molecule has 3 aromatic rings. The number of rotatable bonds is 8. The second-order valence-electron chi connectivity index (χ2n) is 10.2. The van der Waals surface area contributed by atoms with E-state index in [9.17, 15) is 27.2 Å². The highest BCUT2D eigenvalue weighted by atomic mass is 19.2. The molecule has 2 N–H and O–H groups in total. The van der Waals surface area contributed by atoms with E-state index in [-0.39, 0.29) is 24.0 Å². The Balaban J connectivity index is 1.39. The van der Waals surface area contributed by atoms with Crippen LogP contribution in [0.2, 0.25) is 0 Å². The number of hydrogen-bond donors (Lipinski definition) is 2. The molecule has 3 heterocycles. The highest BCUT2D eigenvalue weighted by Gasteiger charge is 2.31. The molecule has 2 aliphatic heterocycles. The Bertz CT molecular complexity index is 1540. The average molecular weight is 542 g/mol. The van der Waals surface area contributed by atoms with Crippen LogP contribution in [0.5, 0.6) is 0 Å². The summed E-state index contributed by atoms with van der Waals surface area (Å²) in [7, 11) is 3.90. The zero-order valence-corrected chi connectivity index (χ0v) is 21.7. The lowest BCUT2D eigenvalue weighted by atomic mass is 9.99. The van der Waals surface area contributed by atoms with Gasteiger partial charge in [-0.1, -0.05) is 0 Å². The highest BCUT2D eigenvalue weighted by Crippen LogP contribution is 2.36. The number of aromatic nitrogens is 1. The van der Waals surface area contributed by atoms with Gasteiger partial charge in [-0.05, 0) is 56.8 Å². The minimum absolute atomic E-state index is 0.0370. The number of amides is 1. The van der Waals surface area contributed by atoms with Crippen LogP contribution in [0.1, 0.15) is 39.5 Å². The Morgan fingerprint density at radius 3 is 2.49 bits per heavy atom. The number of fused-ring (bicyclic) bond motifs is 2. The number of carbonyl (C=O) groups is 1. The quantitative estimate of drug-likeness (QED) is 0.332. The van der Waals surface area contributed by atoms with Crippen molar-refractivity contribution < 1.29 is 22.4 Å². The van der Waals surface area contributed by atoms with Gasteiger partial charge in [0, 0.05) is 55.5 Å². The predicted molar refractivity (Wildman–Crippen MR) is 140 cm³/mol. The molecule has 39 heavy (non-hydrogen) atoms. The van der Waals surface area contributed by atoms with Crippen LogP contribution in [0.4, 0.5) is 28.9 Å². The first-order chi connectivity index (χ1) is 18.5. The second-order valence-corrected chi connectivity index (χ2v) is 10.2. The van der Waals surface area contributed by atoms with Crippen molar-refractivity contribution in [3.05, 3.63) is 91.9 Å². The van der Waals surface area contributed by atoms with E-state index >= 15 is 0 Å². The third-order valence-electron chi connectivity index (χ3n) is 6.98. The number of likely N-dealkylation sites (N-methyl/N-ethyl adjacent to an activating group) is 1. The summed E-state index contributed by atoms with van der Waals surface area (Å²) in [4.78, 5) is 36.9. The molecule has 0 fully saturated rings. The van der Waals surface area contributed by atoms with Crippen molar-refractivity contribution in [2.75, 3.05) is 32.5 Å². The van der Waals surface area contributed by atoms with E-state index in [0.717, 1.165) is 17.7 Å². The maximum absolute atomic E-state index is 14.2. The molecular formula is C28H27F4N5O2. The summed E-state index contributed by atoms with van der Waals surface area (Å²) in [6.07, 6.45) is 1.36. The van der Waals surface area contributed by atoms with Crippen molar-refractivity contribution in [3.8, 4) is 0 Å². The second kappa shape index (κ2) is 10.3. The Morgan fingerprint density at radius 1 is 1.08 bits per heavy atom. The zero-order chi connectivity index (χ0) is 28.0. The fraction of sp³-hybridized carbons (Fsp3) is 0.321. The summed E-state index contributed by atoms with van der Waals surface area (Å²) < 4.78 is 55.7. The molecule has 0 radical (unpaired) electrons. The van der Waals surface area contributed by atoms with Crippen molar-refractivity contribution in [3.63, 3.8) is 0 Å². The third-order valence-corrected chi connectivity index (χ3v) is 6.98. The van der Waals surface area contributed by atoms with E-state index in [4.69, 9.17) is 0 Å². The minimum atomic E-state index is -1.47. The number of halogens is 4. The highest BCUT2D eigenvalue weighted by molar-refractivity contribution is 6.10. The van der Waals surface area contributed by atoms with Crippen molar-refractivity contribution in [1.29, 1.82) is 0 Å². The number of H-pyrrole nitrogens is 1. The number of hydrogen-bond acceptors (Lipinski definition) is 5. The first kappa shape index (κ1) is 26.6. The summed E-state index contributed by atoms with van der Waals surface area (Å²) in [6.45, 7) is 3.43. The van der Waals surface area contributed by atoms with Crippen LogP contribution >= 0.6 is 0 Å². The van der Waals surface area contributed by atoms with Crippen LogP contribution in [-0.4, -0.2) is 59.6 Å². The number of nitrogens with one attached hydrogen (secondary N) is 2. The lowest BCUT2D eigenvalue weighted by molar-refractivity contribution is 0.0768. The van der Waals surface area contributed by atoms with Gasteiger partial charge in [0.2, 0.25) is 0 Å². The molecule has 2 aliphatic rings. The van der Waals surface area contributed by atoms with Gasteiger partial charge < -0.3 is 20.1 Å². The van der Waals surface area contributed by atoms with Gasteiger partial charge in [-0.2, -0.15) is 0 Å². The normalized spacial score (nSPS) is 15.0. The van der Waals surface area contributed by atoms with Crippen LogP contribution in [-0.2, 0) is 19.4 Å². The summed E-state index contributed by atoms with van der Waals surface area (Å²) in [5, 5.41) is 3.03. The maximum Gasteiger partial charge on any atom is 0.259 e. The number of pyridine rings is 1. The molecule has 11 heteroatoms. The SMILES string of the molecule is C[C@@H](Cc1c(F)c(F)cc(F)c1F)Nc1cc[nH]c(=O)c1C1=Nc2cc3c(cc2C1)C(=O)N(CCN(C)C)C3. The molecule has 7 nitrogen and oxygen atoms in total. The number of benzene rings is 2. The molecule has 204 valence electrons. The van der Waals surface area contributed by atoms with Gasteiger partial charge in [0.25, 0.3) is 11.5 Å². The van der Waals surface area contributed by atoms with E-state index in [1.807, 2.05) is 31.1 Å². The van der Waals surface area contributed by atoms with Crippen molar-refractivity contribution >= 4 is 23.0 Å². The van der Waals surface area contributed by atoms with Gasteiger partial charge in [0.05, 0.1) is 22.6 Å². The van der Waals surface area contributed by atoms with E-state index < -0.39 is 40.4 Å². The molecule has 0 saturated heterocycles. The standard InChI is InChI=1S/C28H27F4N5O2/c1-14(8-18-25(31)19(29)12-20(30)26(18)32)34-21-4-5-33-27(38)24(21)23-10-15-9-17-16(11-22(15)35-23)13-37(28(17)39)7-6-36(2)3/h4-5,9,11-12,14H,6-8,10,13H2,1-3H3,(H2,33,34,38)/t14-/m0/s1. The Morgan fingerprint density at radius 2 is 1.79 bits per heavy atom. The van der Waals surface area contributed by atoms with Crippen molar-refractivity contribution in [2.45, 2.75) is 32.4 Å². The smallest absolute Gasteiger partial charge is 0.259 e. The predicted octanol–water partition coefficient (Wildman–Crippen LogP) is 4.17. The molecule has 1 aromatic heterocycles. The molecular weight excluding hydrogens is 514 g/mol. The average Bonchev–Trinajstić information content (AvgIpc) is 3.42. The molecule has 0 spiro atoms. The molecule has 5 rings (SSSR count). The van der Waals surface area contributed by atoms with Gasteiger partial charge in [-0.25, -0.2) is 17.6 Å². The number of anilines is 1. The monoisotopic (exact) mass is 541 g/mol. The summed E-state index contributed by atoms with van der Waals surface area (Å²) in [6, 6.07) is 4.76. The topological polar surface area (TPSA) is 80.8 Å². The Kier molecular flexibility index (Phi) is 7.02. The number of carbonyl (C=O) groups excluding carboxylic acids is 1. The molecule has 1 atom stereocenters. The number of aliphatic imine (C=N–C) groups is 1. The van der Waals surface area contributed by atoms with Crippen molar-refractivity contribution in [2.24, 2.45) is 4.99 Å². The third kappa shape index (κ3) is 5.06. The lowest BCUT2D eigenvalue weighted by Crippen LogP contribution is -2.31. The fourth-order valence-corrected chi connectivity index (χ4v) is 5.02.